The van der Waals surface area contributed by atoms with Gasteiger partial charge in [-0.05, 0) is 19.2 Å². The third kappa shape index (κ3) is 5.35. The van der Waals surface area contributed by atoms with Crippen LogP contribution in [0.1, 0.15) is 19.3 Å². The third-order valence-corrected chi connectivity index (χ3v) is 4.26. The van der Waals surface area contributed by atoms with Crippen molar-refractivity contribution in [3.8, 4) is 0 Å². The first-order valence-electron chi connectivity index (χ1n) is 6.95. The normalized spacial score (nSPS) is 15.9. The molecule has 108 valence electrons. The maximum absolute atomic E-state index is 11.7. The van der Waals surface area contributed by atoms with Crippen molar-refractivity contribution in [2.45, 2.75) is 24.2 Å². The van der Waals surface area contributed by atoms with Crippen molar-refractivity contribution >= 4 is 23.4 Å². The number of thioether (sulfide) groups is 1. The molecule has 0 unspecified atom stereocenters. The van der Waals surface area contributed by atoms with Gasteiger partial charge in [-0.15, -0.1) is 11.8 Å². The standard InChI is InChI=1S/C15H21N3OS/c1-18-10-7-13(8-11-18)16-17-15(19)9-12-20-14-5-3-2-4-6-14/h2-6H,7-12H2,1H3,(H,17,19). The molecule has 1 amide bonds. The van der Waals surface area contributed by atoms with Gasteiger partial charge >= 0.3 is 0 Å². The SMILES string of the molecule is CN1CCC(=NNC(=O)CCSc2ccccc2)CC1. The van der Waals surface area contributed by atoms with E-state index in [2.05, 4.69) is 34.6 Å². The first-order valence-corrected chi connectivity index (χ1v) is 7.93. The molecule has 1 aliphatic rings. The number of benzene rings is 1. The van der Waals surface area contributed by atoms with E-state index in [4.69, 9.17) is 0 Å². The summed E-state index contributed by atoms with van der Waals surface area (Å²) in [6.07, 6.45) is 2.40. The minimum atomic E-state index is -0.000130. The number of hydrogen-bond acceptors (Lipinski definition) is 4. The quantitative estimate of drug-likeness (QED) is 0.669. The zero-order valence-corrected chi connectivity index (χ0v) is 12.7. The van der Waals surface area contributed by atoms with Crippen LogP contribution in [-0.2, 0) is 4.79 Å². The molecular weight excluding hydrogens is 270 g/mol. The van der Waals surface area contributed by atoms with Crippen LogP contribution in [0.25, 0.3) is 0 Å². The second kappa shape index (κ2) is 8.07. The molecule has 0 aliphatic carbocycles. The number of carbonyl (C=O) groups excluding carboxylic acids is 1. The summed E-state index contributed by atoms with van der Waals surface area (Å²) in [6, 6.07) is 10.1. The number of likely N-dealkylation sites (tertiary alicyclic amines) is 1. The zero-order valence-electron chi connectivity index (χ0n) is 11.8. The zero-order chi connectivity index (χ0) is 14.2. The van der Waals surface area contributed by atoms with Crippen molar-refractivity contribution in [3.63, 3.8) is 0 Å². The number of nitrogens with zero attached hydrogens (tertiary/aromatic N) is 2. The Balaban J connectivity index is 1.64. The average Bonchev–Trinajstić information content (AvgIpc) is 2.48. The van der Waals surface area contributed by atoms with Gasteiger partial charge in [0.2, 0.25) is 5.91 Å². The highest BCUT2D eigenvalue weighted by molar-refractivity contribution is 7.99. The monoisotopic (exact) mass is 291 g/mol. The second-order valence-electron chi connectivity index (χ2n) is 4.93. The number of piperidine rings is 1. The van der Waals surface area contributed by atoms with Crippen molar-refractivity contribution in [2.24, 2.45) is 5.10 Å². The summed E-state index contributed by atoms with van der Waals surface area (Å²) in [5.74, 6) is 0.781. The van der Waals surface area contributed by atoms with Gasteiger partial charge in [0, 0.05) is 48.7 Å². The highest BCUT2D eigenvalue weighted by atomic mass is 32.2. The van der Waals surface area contributed by atoms with Crippen molar-refractivity contribution < 1.29 is 4.79 Å². The highest BCUT2D eigenvalue weighted by Gasteiger charge is 2.11. The predicted octanol–water partition coefficient (Wildman–Crippen LogP) is 2.37. The summed E-state index contributed by atoms with van der Waals surface area (Å²) in [6.45, 7) is 2.05. The molecule has 1 fully saturated rings. The van der Waals surface area contributed by atoms with Crippen molar-refractivity contribution in [1.29, 1.82) is 0 Å². The molecule has 4 nitrogen and oxygen atoms in total. The average molecular weight is 291 g/mol. The first kappa shape index (κ1) is 15.1. The van der Waals surface area contributed by atoms with Gasteiger partial charge in [-0.3, -0.25) is 4.79 Å². The maximum Gasteiger partial charge on any atom is 0.240 e. The lowest BCUT2D eigenvalue weighted by Crippen LogP contribution is -2.32. The molecule has 5 heteroatoms. The van der Waals surface area contributed by atoms with Crippen LogP contribution in [0.5, 0.6) is 0 Å². The van der Waals surface area contributed by atoms with E-state index < -0.39 is 0 Å². The number of rotatable bonds is 5. The lowest BCUT2D eigenvalue weighted by molar-refractivity contribution is -0.120. The Bertz CT molecular complexity index is 451. The fourth-order valence-corrected chi connectivity index (χ4v) is 2.84. The fraction of sp³-hybridized carbons (Fsp3) is 0.467. The van der Waals surface area contributed by atoms with Gasteiger partial charge in [-0.2, -0.15) is 5.10 Å². The van der Waals surface area contributed by atoms with Crippen LogP contribution in [0.3, 0.4) is 0 Å². The first-order chi connectivity index (χ1) is 9.74. The van der Waals surface area contributed by atoms with E-state index in [0.29, 0.717) is 6.42 Å². The van der Waals surface area contributed by atoms with E-state index in [1.54, 1.807) is 11.8 Å². The van der Waals surface area contributed by atoms with Gasteiger partial charge < -0.3 is 4.90 Å². The largest absolute Gasteiger partial charge is 0.306 e. The molecule has 0 aromatic heterocycles. The van der Waals surface area contributed by atoms with Crippen molar-refractivity contribution in [3.05, 3.63) is 30.3 Å². The minimum Gasteiger partial charge on any atom is -0.306 e. The van der Waals surface area contributed by atoms with E-state index in [1.165, 1.54) is 4.90 Å². The number of hydrogen-bond donors (Lipinski definition) is 1. The van der Waals surface area contributed by atoms with Gasteiger partial charge in [0.25, 0.3) is 0 Å². The molecule has 1 aliphatic heterocycles. The molecular formula is C15H21N3OS. The summed E-state index contributed by atoms with van der Waals surface area (Å²) >= 11 is 1.69. The molecule has 2 rings (SSSR count). The Labute approximate surface area is 124 Å². The molecule has 1 aromatic rings. The number of carbonyl (C=O) groups is 1. The van der Waals surface area contributed by atoms with E-state index in [1.807, 2.05) is 18.2 Å². The summed E-state index contributed by atoms with van der Waals surface area (Å²) in [4.78, 5) is 15.2. The molecule has 0 radical (unpaired) electrons. The Hall–Kier alpha value is -1.33. The van der Waals surface area contributed by atoms with Crippen LogP contribution in [-0.4, -0.2) is 42.4 Å². The van der Waals surface area contributed by atoms with Gasteiger partial charge in [0.15, 0.2) is 0 Å². The van der Waals surface area contributed by atoms with Crippen molar-refractivity contribution in [1.82, 2.24) is 10.3 Å². The van der Waals surface area contributed by atoms with Gasteiger partial charge in [-0.25, -0.2) is 5.43 Å². The predicted molar refractivity (Wildman–Crippen MR) is 84.1 cm³/mol. The molecule has 0 atom stereocenters. The highest BCUT2D eigenvalue weighted by Crippen LogP contribution is 2.17. The van der Waals surface area contributed by atoms with Crippen LogP contribution in [0.2, 0.25) is 0 Å². The maximum atomic E-state index is 11.7. The van der Waals surface area contributed by atoms with Gasteiger partial charge in [0.1, 0.15) is 0 Å². The van der Waals surface area contributed by atoms with E-state index in [-0.39, 0.29) is 5.91 Å². The van der Waals surface area contributed by atoms with Crippen LogP contribution in [0, 0.1) is 0 Å². The second-order valence-corrected chi connectivity index (χ2v) is 6.10. The summed E-state index contributed by atoms with van der Waals surface area (Å²) in [5, 5.41) is 4.22. The summed E-state index contributed by atoms with van der Waals surface area (Å²) < 4.78 is 0. The Kier molecular flexibility index (Phi) is 6.08. The van der Waals surface area contributed by atoms with E-state index >= 15 is 0 Å². The summed E-state index contributed by atoms with van der Waals surface area (Å²) in [7, 11) is 2.11. The lowest BCUT2D eigenvalue weighted by atomic mass is 10.1. The van der Waals surface area contributed by atoms with E-state index in [9.17, 15) is 4.79 Å². The molecule has 1 N–H and O–H groups in total. The Morgan fingerprint density at radius 3 is 2.70 bits per heavy atom. The van der Waals surface area contributed by atoms with Crippen LogP contribution in [0.15, 0.2) is 40.3 Å². The fourth-order valence-electron chi connectivity index (χ4n) is 1.96. The molecule has 0 saturated carbocycles. The smallest absolute Gasteiger partial charge is 0.240 e. The lowest BCUT2D eigenvalue weighted by Gasteiger charge is -2.22. The van der Waals surface area contributed by atoms with Crippen molar-refractivity contribution in [2.75, 3.05) is 25.9 Å². The Morgan fingerprint density at radius 2 is 2.00 bits per heavy atom. The minimum absolute atomic E-state index is 0.000130. The summed E-state index contributed by atoms with van der Waals surface area (Å²) in [5.41, 5.74) is 3.77. The Morgan fingerprint density at radius 1 is 1.30 bits per heavy atom. The van der Waals surface area contributed by atoms with Gasteiger partial charge in [-0.1, -0.05) is 18.2 Å². The number of amides is 1. The number of hydrazone groups is 1. The molecule has 1 aromatic carbocycles. The third-order valence-electron chi connectivity index (χ3n) is 3.24. The molecule has 1 saturated heterocycles. The van der Waals surface area contributed by atoms with E-state index in [0.717, 1.165) is 37.4 Å². The van der Waals surface area contributed by atoms with Crippen LogP contribution < -0.4 is 5.43 Å². The topological polar surface area (TPSA) is 44.7 Å². The molecule has 20 heavy (non-hydrogen) atoms. The molecule has 1 heterocycles. The molecule has 0 bridgehead atoms. The van der Waals surface area contributed by atoms with Gasteiger partial charge in [0.05, 0.1) is 0 Å². The van der Waals surface area contributed by atoms with Crippen LogP contribution >= 0.6 is 11.8 Å². The van der Waals surface area contributed by atoms with Crippen LogP contribution in [0.4, 0.5) is 0 Å². The molecule has 0 spiro atoms. The number of nitrogens with one attached hydrogen (secondary N) is 1.